The van der Waals surface area contributed by atoms with Crippen molar-refractivity contribution in [3.63, 3.8) is 0 Å². The van der Waals surface area contributed by atoms with Gasteiger partial charge in [-0.2, -0.15) is 10.2 Å². The van der Waals surface area contributed by atoms with Gasteiger partial charge in [-0.15, -0.1) is 0 Å². The lowest BCUT2D eigenvalue weighted by molar-refractivity contribution is -0.197. The van der Waals surface area contributed by atoms with Gasteiger partial charge in [0, 0.05) is 13.1 Å². The van der Waals surface area contributed by atoms with Gasteiger partial charge in [-0.05, 0) is 113 Å². The van der Waals surface area contributed by atoms with Crippen LogP contribution in [0.5, 0.6) is 0 Å². The van der Waals surface area contributed by atoms with Crippen LogP contribution < -0.4 is 5.73 Å². The Balaban J connectivity index is 1.44. The van der Waals surface area contributed by atoms with Gasteiger partial charge in [0.2, 0.25) is 0 Å². The van der Waals surface area contributed by atoms with Crippen LogP contribution in [0, 0.1) is 11.3 Å². The van der Waals surface area contributed by atoms with E-state index in [-0.39, 0.29) is 12.2 Å². The third kappa shape index (κ3) is 12.0. The Morgan fingerprint density at radius 2 is 1.54 bits per heavy atom. The number of imidazole rings is 1. The molecular formula is C42H58N8O9. The van der Waals surface area contributed by atoms with Gasteiger partial charge in [-0.3, -0.25) is 9.47 Å². The van der Waals surface area contributed by atoms with Crippen LogP contribution in [0.1, 0.15) is 106 Å². The highest BCUT2D eigenvalue weighted by atomic mass is 16.8. The van der Waals surface area contributed by atoms with E-state index in [1.165, 1.54) is 6.33 Å². The second kappa shape index (κ2) is 17.6. The van der Waals surface area contributed by atoms with Crippen LogP contribution in [0.25, 0.3) is 17.2 Å². The van der Waals surface area contributed by atoms with E-state index in [2.05, 4.69) is 25.9 Å². The Kier molecular flexibility index (Phi) is 13.4. The Morgan fingerprint density at radius 1 is 0.932 bits per heavy atom. The maximum absolute atomic E-state index is 13.9. The van der Waals surface area contributed by atoms with E-state index in [0.29, 0.717) is 42.8 Å². The second-order valence-corrected chi connectivity index (χ2v) is 18.1. The number of nitrogens with two attached hydrogens (primary N) is 1. The van der Waals surface area contributed by atoms with Crippen molar-refractivity contribution in [1.82, 2.24) is 29.3 Å². The lowest BCUT2D eigenvalue weighted by Crippen LogP contribution is -2.53. The van der Waals surface area contributed by atoms with Crippen molar-refractivity contribution in [3.8, 4) is 6.07 Å². The number of nitrogens with zero attached hydrogens (tertiary/aromatic N) is 7. The highest BCUT2D eigenvalue weighted by Crippen LogP contribution is 2.44. The number of anilines is 1. The fraction of sp³-hybridized carbons (Fsp3) is 0.595. The average Bonchev–Trinajstić information content (AvgIpc) is 3.77. The summed E-state index contributed by atoms with van der Waals surface area (Å²) < 4.78 is 38.4. The number of rotatable bonds is 12. The molecule has 0 aliphatic carbocycles. The molecule has 0 spiro atoms. The highest BCUT2D eigenvalue weighted by molar-refractivity contribution is 5.94. The van der Waals surface area contributed by atoms with E-state index in [1.807, 2.05) is 38.1 Å². The van der Waals surface area contributed by atoms with E-state index in [9.17, 15) is 19.6 Å². The third-order valence-electron chi connectivity index (χ3n) is 9.06. The molecule has 2 saturated heterocycles. The number of ether oxygens (including phenoxy) is 6. The number of imide groups is 1. The molecule has 2 aliphatic heterocycles. The minimum atomic E-state index is -1.37. The SMILES string of the molecule is CC(C)(C)OC(=O)[C@H](CCCN(C/C=C/c1ccc(C#N)cc1)C[C@H]1O[C@@H](n2cnc3c(N)ncnc32)[C@@H]2OC(C)(C)O[C@@H]21)N(C(=O)OC(C)(C)C)C(=O)OC(C)(C)C. The Hall–Kier alpha value is -5.15. The number of nitrogen functional groups attached to an aromatic ring is 1. The topological polar surface area (TPSA) is 206 Å². The summed E-state index contributed by atoms with van der Waals surface area (Å²) in [6.07, 6.45) is 3.04. The highest BCUT2D eigenvalue weighted by Gasteiger charge is 2.56. The van der Waals surface area contributed by atoms with Crippen molar-refractivity contribution in [1.29, 1.82) is 5.26 Å². The summed E-state index contributed by atoms with van der Waals surface area (Å²) in [6.45, 7) is 20.0. The predicted octanol–water partition coefficient (Wildman–Crippen LogP) is 6.38. The summed E-state index contributed by atoms with van der Waals surface area (Å²) in [5.41, 5.74) is 5.61. The molecule has 0 saturated carbocycles. The summed E-state index contributed by atoms with van der Waals surface area (Å²) in [4.78, 5) is 57.1. The van der Waals surface area contributed by atoms with Crippen molar-refractivity contribution >= 4 is 41.2 Å². The van der Waals surface area contributed by atoms with Gasteiger partial charge in [0.1, 0.15) is 53.0 Å². The Bertz CT molecular complexity index is 2010. The van der Waals surface area contributed by atoms with Gasteiger partial charge in [-0.25, -0.2) is 29.3 Å². The number of fused-ring (bicyclic) bond motifs is 2. The summed E-state index contributed by atoms with van der Waals surface area (Å²) in [5, 5.41) is 9.25. The first-order chi connectivity index (χ1) is 27.4. The minimum absolute atomic E-state index is 0.0260. The molecule has 59 heavy (non-hydrogen) atoms. The number of carbonyl (C=O) groups excluding carboxylic acids is 3. The zero-order valence-corrected chi connectivity index (χ0v) is 35.9. The van der Waals surface area contributed by atoms with Crippen LogP contribution in [-0.2, 0) is 33.2 Å². The summed E-state index contributed by atoms with van der Waals surface area (Å²) in [7, 11) is 0. The first-order valence-corrected chi connectivity index (χ1v) is 19.7. The zero-order chi connectivity index (χ0) is 43.5. The maximum atomic E-state index is 13.9. The van der Waals surface area contributed by atoms with E-state index in [1.54, 1.807) is 85.3 Å². The number of amides is 2. The van der Waals surface area contributed by atoms with Crippen molar-refractivity contribution in [2.24, 2.45) is 0 Å². The largest absolute Gasteiger partial charge is 0.458 e. The van der Waals surface area contributed by atoms with Gasteiger partial charge < -0.3 is 34.2 Å². The molecule has 17 nitrogen and oxygen atoms in total. The molecule has 4 heterocycles. The van der Waals surface area contributed by atoms with Crippen LogP contribution >= 0.6 is 0 Å². The molecule has 2 amide bonds. The summed E-state index contributed by atoms with van der Waals surface area (Å²) >= 11 is 0. The number of esters is 1. The van der Waals surface area contributed by atoms with Gasteiger partial charge in [-0.1, -0.05) is 24.3 Å². The molecule has 0 bridgehead atoms. The average molecular weight is 819 g/mol. The maximum Gasteiger partial charge on any atom is 0.420 e. The molecule has 5 atom stereocenters. The van der Waals surface area contributed by atoms with Crippen molar-refractivity contribution in [3.05, 3.63) is 54.1 Å². The number of hydrogen-bond donors (Lipinski definition) is 1. The molecule has 17 heteroatoms. The number of nitriles is 1. The van der Waals surface area contributed by atoms with E-state index < -0.39 is 71.3 Å². The first-order valence-electron chi connectivity index (χ1n) is 19.7. The normalized spacial score (nSPS) is 21.0. The fourth-order valence-electron chi connectivity index (χ4n) is 6.79. The molecular weight excluding hydrogens is 761 g/mol. The summed E-state index contributed by atoms with van der Waals surface area (Å²) in [6, 6.07) is 7.98. The lowest BCUT2D eigenvalue weighted by Gasteiger charge is -2.34. The predicted molar refractivity (Wildman–Crippen MR) is 217 cm³/mol. The Morgan fingerprint density at radius 3 is 2.14 bits per heavy atom. The summed E-state index contributed by atoms with van der Waals surface area (Å²) in [5.74, 6) is -1.44. The van der Waals surface area contributed by atoms with Crippen LogP contribution in [0.4, 0.5) is 15.4 Å². The van der Waals surface area contributed by atoms with Crippen molar-refractivity contribution < 1.29 is 42.8 Å². The number of carbonyl (C=O) groups is 3. The van der Waals surface area contributed by atoms with E-state index in [0.717, 1.165) is 10.5 Å². The van der Waals surface area contributed by atoms with E-state index in [4.69, 9.17) is 34.2 Å². The van der Waals surface area contributed by atoms with Gasteiger partial charge in [0.05, 0.1) is 18.0 Å². The third-order valence-corrected chi connectivity index (χ3v) is 9.06. The minimum Gasteiger partial charge on any atom is -0.458 e. The standard InChI is InChI=1S/C42H58N8O9/c1-39(2,3)57-36(51)28(50(37(52)58-40(4,5)6)38(53)59-41(7,8)9)15-13-21-48(20-12-14-26-16-18-27(22-43)19-17-26)23-29-31-32(56-42(10,11)55-31)35(54-29)49-25-47-30-33(44)45-24-46-34(30)49/h12,14,16-19,24-25,28-29,31-32,35H,13,15,20-21,23H2,1-11H3,(H2,44,45,46)/b14-12+/t28-,29+,31+,32+,35+/m0/s1. The Labute approximate surface area is 345 Å². The van der Waals surface area contributed by atoms with Crippen LogP contribution in [0.3, 0.4) is 0 Å². The van der Waals surface area contributed by atoms with Gasteiger partial charge in [0.25, 0.3) is 0 Å². The van der Waals surface area contributed by atoms with Crippen LogP contribution in [-0.4, -0.2) is 114 Å². The monoisotopic (exact) mass is 818 g/mol. The number of aromatic nitrogens is 4. The fourth-order valence-corrected chi connectivity index (χ4v) is 6.79. The quantitative estimate of drug-likeness (QED) is 0.156. The number of hydrogen-bond acceptors (Lipinski definition) is 15. The molecule has 2 N–H and O–H groups in total. The molecule has 2 aliphatic rings. The molecule has 2 fully saturated rings. The lowest BCUT2D eigenvalue weighted by atomic mass is 10.1. The number of benzene rings is 1. The molecule has 0 radical (unpaired) electrons. The van der Waals surface area contributed by atoms with Gasteiger partial charge in [0.15, 0.2) is 23.5 Å². The molecule has 3 aromatic rings. The van der Waals surface area contributed by atoms with Crippen LogP contribution in [0.2, 0.25) is 0 Å². The second-order valence-electron chi connectivity index (χ2n) is 18.1. The molecule has 2 aromatic heterocycles. The van der Waals surface area contributed by atoms with Crippen molar-refractivity contribution in [2.45, 2.75) is 142 Å². The van der Waals surface area contributed by atoms with Crippen molar-refractivity contribution in [2.75, 3.05) is 25.4 Å². The van der Waals surface area contributed by atoms with Gasteiger partial charge >= 0.3 is 18.2 Å². The molecule has 5 rings (SSSR count). The van der Waals surface area contributed by atoms with Crippen LogP contribution in [0.15, 0.2) is 43.0 Å². The molecule has 0 unspecified atom stereocenters. The van der Waals surface area contributed by atoms with E-state index >= 15 is 0 Å². The zero-order valence-electron chi connectivity index (χ0n) is 35.9. The molecule has 320 valence electrons. The first kappa shape index (κ1) is 44.9. The smallest absolute Gasteiger partial charge is 0.420 e. The molecule has 1 aromatic carbocycles.